The van der Waals surface area contributed by atoms with E-state index in [1.165, 1.54) is 111 Å². The van der Waals surface area contributed by atoms with Crippen LogP contribution < -0.4 is 31.1 Å². The average Bonchev–Trinajstić information content (AvgIpc) is 4.00. The van der Waals surface area contributed by atoms with E-state index in [1.807, 2.05) is 11.3 Å². The van der Waals surface area contributed by atoms with Gasteiger partial charge in [0, 0.05) is 87.9 Å². The van der Waals surface area contributed by atoms with E-state index in [1.54, 1.807) is 0 Å². The van der Waals surface area contributed by atoms with Crippen LogP contribution in [-0.2, 0) is 21.7 Å². The molecule has 0 radical (unpaired) electrons. The minimum atomic E-state index is -0.165. The van der Waals surface area contributed by atoms with Crippen molar-refractivity contribution in [3.8, 4) is 0 Å². The lowest BCUT2D eigenvalue weighted by atomic mass is 9.33. The molecular weight excluding hydrogens is 918 g/mol. The summed E-state index contributed by atoms with van der Waals surface area (Å²) in [6, 6.07) is 59.0. The summed E-state index contributed by atoms with van der Waals surface area (Å²) in [5.41, 5.74) is 20.8. The molecule has 74 heavy (non-hydrogen) atoms. The Morgan fingerprint density at radius 3 is 1.66 bits per heavy atom. The van der Waals surface area contributed by atoms with Crippen LogP contribution in [0.3, 0.4) is 0 Å². The average molecular weight is 984 g/mol. The Hall–Kier alpha value is -6.76. The summed E-state index contributed by atoms with van der Waals surface area (Å²) >= 11 is 1.90. The Bertz CT molecular complexity index is 3800. The van der Waals surface area contributed by atoms with Crippen LogP contribution in [0.1, 0.15) is 124 Å². The fourth-order valence-electron chi connectivity index (χ4n) is 13.9. The molecule has 2 atom stereocenters. The Morgan fingerprint density at radius 2 is 1.00 bits per heavy atom. The second-order valence-electron chi connectivity index (χ2n) is 25.7. The molecule has 3 aliphatic heterocycles. The number of thiophene rings is 1. The molecule has 4 aliphatic rings. The second kappa shape index (κ2) is 15.4. The summed E-state index contributed by atoms with van der Waals surface area (Å²) in [5, 5.41) is 4.91. The Balaban J connectivity index is 1.11. The van der Waals surface area contributed by atoms with Gasteiger partial charge in [0.15, 0.2) is 0 Å². The summed E-state index contributed by atoms with van der Waals surface area (Å²) in [4.78, 5) is 8.08. The topological polar surface area (TPSA) is 22.9 Å². The molecule has 1 saturated carbocycles. The predicted octanol–water partition coefficient (Wildman–Crippen LogP) is 17.7. The van der Waals surface area contributed by atoms with Gasteiger partial charge in [-0.2, -0.15) is 0 Å². The molecule has 2 aromatic heterocycles. The molecule has 0 spiro atoms. The summed E-state index contributed by atoms with van der Waals surface area (Å²) < 4.78 is 9.38. The van der Waals surface area contributed by atoms with Gasteiger partial charge in [-0.05, 0) is 141 Å². The van der Waals surface area contributed by atoms with Gasteiger partial charge in [-0.1, -0.05) is 161 Å². The number of hydrogen-bond donors (Lipinski definition) is 0. The Kier molecular flexibility index (Phi) is 9.55. The zero-order valence-corrected chi connectivity index (χ0v) is 45.8. The first-order valence-corrected chi connectivity index (χ1v) is 28.0. The van der Waals surface area contributed by atoms with Crippen molar-refractivity contribution in [3.63, 3.8) is 0 Å². The normalized spacial score (nSPS) is 19.3. The molecule has 2 unspecified atom stereocenters. The van der Waals surface area contributed by atoms with Crippen molar-refractivity contribution in [1.82, 2.24) is 0 Å². The van der Waals surface area contributed by atoms with Crippen molar-refractivity contribution in [2.75, 3.05) is 14.7 Å². The zero-order chi connectivity index (χ0) is 51.0. The lowest BCUT2D eigenvalue weighted by molar-refractivity contribution is 0.195. The van der Waals surface area contributed by atoms with Gasteiger partial charge in [0.25, 0.3) is 6.71 Å². The number of benzene rings is 8. The molecule has 14 rings (SSSR count). The van der Waals surface area contributed by atoms with E-state index in [9.17, 15) is 0 Å². The highest BCUT2D eigenvalue weighted by molar-refractivity contribution is 7.25. The Labute approximate surface area is 441 Å². The molecular formula is C68H66BN3OS. The van der Waals surface area contributed by atoms with Crippen molar-refractivity contribution >= 4 is 122 Å². The van der Waals surface area contributed by atoms with E-state index in [0.717, 1.165) is 40.5 Å². The number of rotatable bonds is 3. The van der Waals surface area contributed by atoms with E-state index in [4.69, 9.17) is 4.42 Å². The zero-order valence-electron chi connectivity index (χ0n) is 45.0. The molecule has 0 bridgehead atoms. The molecule has 5 heterocycles. The molecule has 0 N–H and O–H groups in total. The maximum Gasteiger partial charge on any atom is 0.252 e. The highest BCUT2D eigenvalue weighted by Gasteiger charge is 2.58. The first-order chi connectivity index (χ1) is 35.3. The summed E-state index contributed by atoms with van der Waals surface area (Å²) in [5.74, 6) is 0. The third kappa shape index (κ3) is 6.46. The van der Waals surface area contributed by atoms with Crippen molar-refractivity contribution in [2.24, 2.45) is 0 Å². The molecule has 0 saturated heterocycles. The van der Waals surface area contributed by atoms with Crippen LogP contribution in [0.15, 0.2) is 156 Å². The maximum absolute atomic E-state index is 6.75. The number of nitrogens with zero attached hydrogens (tertiary/aromatic N) is 3. The highest BCUT2D eigenvalue weighted by Crippen LogP contribution is 2.62. The third-order valence-electron chi connectivity index (χ3n) is 18.3. The van der Waals surface area contributed by atoms with E-state index in [2.05, 4.69) is 243 Å². The SMILES string of the molecule is CC(C)(C)c1ccc2c(c1)N(c1ccc3c(c1)oc1ccccc13)c1cc(N3c4ccc(C(C)(C)C)cc4C4(C)CCCCC34C)cc3c1B2c1ccc(C(C)(C)C)cc1N3c1ccc2c(c1)sc1ccccc12. The third-order valence-corrected chi connectivity index (χ3v) is 19.4. The van der Waals surface area contributed by atoms with E-state index < -0.39 is 0 Å². The van der Waals surface area contributed by atoms with Crippen LogP contribution in [0, 0.1) is 0 Å². The van der Waals surface area contributed by atoms with Crippen LogP contribution in [-0.4, -0.2) is 12.3 Å². The van der Waals surface area contributed by atoms with Crippen molar-refractivity contribution < 1.29 is 4.42 Å². The van der Waals surface area contributed by atoms with Crippen molar-refractivity contribution in [1.29, 1.82) is 0 Å². The molecule has 4 nitrogen and oxygen atoms in total. The van der Waals surface area contributed by atoms with Crippen LogP contribution >= 0.6 is 11.3 Å². The van der Waals surface area contributed by atoms with Gasteiger partial charge in [-0.15, -0.1) is 11.3 Å². The lowest BCUT2D eigenvalue weighted by Crippen LogP contribution is -2.61. The van der Waals surface area contributed by atoms with Crippen molar-refractivity contribution in [2.45, 2.75) is 129 Å². The molecule has 8 aromatic carbocycles. The largest absolute Gasteiger partial charge is 0.456 e. The van der Waals surface area contributed by atoms with Gasteiger partial charge in [0.2, 0.25) is 0 Å². The first-order valence-electron chi connectivity index (χ1n) is 27.2. The summed E-state index contributed by atoms with van der Waals surface area (Å²) in [6.45, 7) is 26.4. The lowest BCUT2D eigenvalue weighted by Gasteiger charge is -2.51. The smallest absolute Gasteiger partial charge is 0.252 e. The molecule has 1 aliphatic carbocycles. The monoisotopic (exact) mass is 984 g/mol. The van der Waals surface area contributed by atoms with Gasteiger partial charge >= 0.3 is 0 Å². The standard InChI is InChI=1S/C68H66BN3OS/c1-64(2,3)41-24-31-54-51(34-41)67(10)32-16-17-33-68(67,11)72(54)46-37-57-63-58(38-46)71(45-26-28-50-49-19-13-15-21-61(49)74-62(50)40-45)56-36-43(66(7,8)9)23-30-53(56)69(63)52-29-22-42(65(4,5)6)35-55(52)70(57)44-25-27-48-47-18-12-14-20-59(47)73-60(48)39-44/h12-15,18-31,34-40H,16-17,32-33H2,1-11H3. The minimum Gasteiger partial charge on any atom is -0.456 e. The quantitative estimate of drug-likeness (QED) is 0.165. The van der Waals surface area contributed by atoms with Crippen LogP contribution in [0.4, 0.5) is 45.5 Å². The molecule has 6 heteroatoms. The number of hydrogen-bond acceptors (Lipinski definition) is 5. The number of furan rings is 1. The van der Waals surface area contributed by atoms with Gasteiger partial charge in [0.05, 0.1) is 5.54 Å². The van der Waals surface area contributed by atoms with Crippen LogP contribution in [0.2, 0.25) is 0 Å². The first kappa shape index (κ1) is 45.8. The number of para-hydroxylation sites is 1. The van der Waals surface area contributed by atoms with Gasteiger partial charge in [-0.3, -0.25) is 0 Å². The predicted molar refractivity (Wildman–Crippen MR) is 320 cm³/mol. The fraction of sp³-hybridized carbons (Fsp3) is 0.294. The van der Waals surface area contributed by atoms with Gasteiger partial charge in [0.1, 0.15) is 11.2 Å². The van der Waals surface area contributed by atoms with Gasteiger partial charge in [-0.25, -0.2) is 0 Å². The van der Waals surface area contributed by atoms with Crippen molar-refractivity contribution in [3.05, 3.63) is 174 Å². The van der Waals surface area contributed by atoms with E-state index in [-0.39, 0.29) is 33.9 Å². The summed E-state index contributed by atoms with van der Waals surface area (Å²) in [6.07, 6.45) is 4.73. The number of fused-ring (bicyclic) bond motifs is 13. The van der Waals surface area contributed by atoms with E-state index in [0.29, 0.717) is 0 Å². The Morgan fingerprint density at radius 1 is 0.459 bits per heavy atom. The highest BCUT2D eigenvalue weighted by atomic mass is 32.1. The van der Waals surface area contributed by atoms with Crippen LogP contribution in [0.5, 0.6) is 0 Å². The van der Waals surface area contributed by atoms with Crippen LogP contribution in [0.25, 0.3) is 42.1 Å². The molecule has 1 fully saturated rings. The number of anilines is 8. The minimum absolute atomic E-state index is 0.0201. The second-order valence-corrected chi connectivity index (χ2v) is 26.8. The molecule has 368 valence electrons. The molecule has 10 aromatic rings. The molecule has 0 amide bonds. The maximum atomic E-state index is 6.75. The van der Waals surface area contributed by atoms with Gasteiger partial charge < -0.3 is 19.1 Å². The van der Waals surface area contributed by atoms with E-state index >= 15 is 0 Å². The fourth-order valence-corrected chi connectivity index (χ4v) is 15.0. The summed E-state index contributed by atoms with van der Waals surface area (Å²) in [7, 11) is 0.